The molecule has 0 unspecified atom stereocenters. The number of aliphatic hydroxyl groups is 1. The number of ether oxygens (including phenoxy) is 4. The third-order valence-corrected chi connectivity index (χ3v) is 3.27. The van der Waals surface area contributed by atoms with Gasteiger partial charge in [-0.25, -0.2) is 9.97 Å². The van der Waals surface area contributed by atoms with Gasteiger partial charge in [-0.15, -0.1) is 0 Å². The zero-order valence-electron chi connectivity index (χ0n) is 13.4. The normalized spacial score (nSPS) is 19.8. The molecule has 1 saturated heterocycles. The van der Waals surface area contributed by atoms with Crippen LogP contribution in [0.25, 0.3) is 0 Å². The summed E-state index contributed by atoms with van der Waals surface area (Å²) in [5, 5.41) is 9.21. The van der Waals surface area contributed by atoms with Gasteiger partial charge in [-0.05, 0) is 6.07 Å². The van der Waals surface area contributed by atoms with Crippen molar-refractivity contribution in [1.82, 2.24) is 9.97 Å². The molecule has 1 aromatic heterocycles. The summed E-state index contributed by atoms with van der Waals surface area (Å²) in [5.41, 5.74) is 0.592. The molecule has 0 spiro atoms. The summed E-state index contributed by atoms with van der Waals surface area (Å²) >= 11 is 0. The average Bonchev–Trinajstić information content (AvgIpc) is 2.60. The predicted octanol–water partition coefficient (Wildman–Crippen LogP) is -0.145. The molecular formula is C15H25N3O5. The maximum atomic E-state index is 9.21. The minimum Gasteiger partial charge on any atom is -0.390 e. The summed E-state index contributed by atoms with van der Waals surface area (Å²) in [5.74, 6) is 0.570. The molecule has 0 atom stereocenters. The molecule has 0 aromatic carbocycles. The summed E-state index contributed by atoms with van der Waals surface area (Å²) < 4.78 is 21.9. The van der Waals surface area contributed by atoms with Gasteiger partial charge in [0.05, 0.1) is 65.2 Å². The first-order valence-corrected chi connectivity index (χ1v) is 7.89. The molecule has 0 bridgehead atoms. The molecule has 1 aromatic rings. The molecule has 0 aliphatic carbocycles. The van der Waals surface area contributed by atoms with Gasteiger partial charge < -0.3 is 29.0 Å². The van der Waals surface area contributed by atoms with Crippen LogP contribution in [0, 0.1) is 0 Å². The Morgan fingerprint density at radius 1 is 0.870 bits per heavy atom. The minimum atomic E-state index is -0.106. The largest absolute Gasteiger partial charge is 0.390 e. The molecule has 0 amide bonds. The first kappa shape index (κ1) is 18.0. The molecule has 8 nitrogen and oxygen atoms in total. The van der Waals surface area contributed by atoms with Crippen LogP contribution < -0.4 is 4.90 Å². The quantitative estimate of drug-likeness (QED) is 0.803. The number of nitrogens with zero attached hydrogens (tertiary/aromatic N) is 3. The maximum Gasteiger partial charge on any atom is 0.225 e. The maximum absolute atomic E-state index is 9.21. The smallest absolute Gasteiger partial charge is 0.225 e. The molecule has 1 N–H and O–H groups in total. The number of anilines is 1. The van der Waals surface area contributed by atoms with Crippen molar-refractivity contribution in [3.05, 3.63) is 18.0 Å². The van der Waals surface area contributed by atoms with Gasteiger partial charge in [0, 0.05) is 19.3 Å². The van der Waals surface area contributed by atoms with Crippen molar-refractivity contribution in [2.24, 2.45) is 0 Å². The Kier molecular flexibility index (Phi) is 8.82. The third-order valence-electron chi connectivity index (χ3n) is 3.27. The molecule has 130 valence electrons. The van der Waals surface area contributed by atoms with E-state index < -0.39 is 0 Å². The van der Waals surface area contributed by atoms with Crippen molar-refractivity contribution in [1.29, 1.82) is 0 Å². The first-order chi connectivity index (χ1) is 11.4. The van der Waals surface area contributed by atoms with Gasteiger partial charge in [0.2, 0.25) is 5.95 Å². The van der Waals surface area contributed by atoms with Gasteiger partial charge in [0.25, 0.3) is 0 Å². The lowest BCUT2D eigenvalue weighted by molar-refractivity contribution is 0.00206. The number of rotatable bonds is 2. The summed E-state index contributed by atoms with van der Waals surface area (Å²) in [4.78, 5) is 10.6. The molecule has 8 heteroatoms. The van der Waals surface area contributed by atoms with Gasteiger partial charge >= 0.3 is 0 Å². The lowest BCUT2D eigenvalue weighted by atomic mass is 10.4. The highest BCUT2D eigenvalue weighted by molar-refractivity contribution is 5.30. The Hall–Kier alpha value is -1.32. The highest BCUT2D eigenvalue weighted by Gasteiger charge is 2.10. The molecule has 1 aliphatic heterocycles. The Bertz CT molecular complexity index is 419. The second kappa shape index (κ2) is 11.3. The number of hydrogen-bond donors (Lipinski definition) is 1. The SMILES string of the molecule is OCc1ccnc(N2CCOCCOCCOCCOCC2)n1. The highest BCUT2D eigenvalue weighted by Crippen LogP contribution is 2.07. The molecule has 1 fully saturated rings. The van der Waals surface area contributed by atoms with Crippen LogP contribution in [0.4, 0.5) is 5.95 Å². The van der Waals surface area contributed by atoms with E-state index in [2.05, 4.69) is 9.97 Å². The van der Waals surface area contributed by atoms with E-state index in [1.165, 1.54) is 0 Å². The summed E-state index contributed by atoms with van der Waals surface area (Å²) in [6.45, 7) is 5.61. The van der Waals surface area contributed by atoms with Crippen molar-refractivity contribution in [3.63, 3.8) is 0 Å². The standard InChI is InChI=1S/C15H25N3O5/c19-13-14-1-2-16-15(17-14)18-3-5-20-7-9-22-11-12-23-10-8-21-6-4-18/h1-2,19H,3-13H2. The lowest BCUT2D eigenvalue weighted by Gasteiger charge is -2.22. The zero-order valence-corrected chi connectivity index (χ0v) is 13.4. The van der Waals surface area contributed by atoms with E-state index in [1.54, 1.807) is 12.3 Å². The molecule has 0 saturated carbocycles. The van der Waals surface area contributed by atoms with Gasteiger partial charge in [0.1, 0.15) is 0 Å². The van der Waals surface area contributed by atoms with Gasteiger partial charge in [-0.1, -0.05) is 0 Å². The molecule has 1 aliphatic rings. The van der Waals surface area contributed by atoms with E-state index in [4.69, 9.17) is 18.9 Å². The van der Waals surface area contributed by atoms with E-state index in [-0.39, 0.29) is 6.61 Å². The van der Waals surface area contributed by atoms with E-state index in [0.29, 0.717) is 77.6 Å². The molecule has 2 heterocycles. The van der Waals surface area contributed by atoms with E-state index in [0.717, 1.165) is 0 Å². The van der Waals surface area contributed by atoms with Gasteiger partial charge in [-0.2, -0.15) is 0 Å². The molecular weight excluding hydrogens is 302 g/mol. The van der Waals surface area contributed by atoms with Crippen LogP contribution in [-0.2, 0) is 25.6 Å². The minimum absolute atomic E-state index is 0.106. The topological polar surface area (TPSA) is 86.2 Å². The van der Waals surface area contributed by atoms with Crippen LogP contribution in [0.1, 0.15) is 5.69 Å². The monoisotopic (exact) mass is 327 g/mol. The fourth-order valence-electron chi connectivity index (χ4n) is 2.05. The van der Waals surface area contributed by atoms with E-state index >= 15 is 0 Å². The predicted molar refractivity (Wildman–Crippen MR) is 83.4 cm³/mol. The molecule has 23 heavy (non-hydrogen) atoms. The number of hydrogen-bond acceptors (Lipinski definition) is 8. The summed E-state index contributed by atoms with van der Waals surface area (Å²) in [6.07, 6.45) is 1.65. The van der Waals surface area contributed by atoms with Crippen molar-refractivity contribution in [2.45, 2.75) is 6.61 Å². The Morgan fingerprint density at radius 2 is 1.39 bits per heavy atom. The third kappa shape index (κ3) is 7.19. The van der Waals surface area contributed by atoms with Crippen molar-refractivity contribution >= 4 is 5.95 Å². The lowest BCUT2D eigenvalue weighted by Crippen LogP contribution is -2.33. The zero-order chi connectivity index (χ0) is 16.2. The van der Waals surface area contributed by atoms with Crippen LogP contribution in [0.15, 0.2) is 12.3 Å². The second-order valence-corrected chi connectivity index (χ2v) is 4.94. The second-order valence-electron chi connectivity index (χ2n) is 4.94. The fraction of sp³-hybridized carbons (Fsp3) is 0.733. The Labute approximate surface area is 136 Å². The van der Waals surface area contributed by atoms with Gasteiger partial charge in [-0.3, -0.25) is 0 Å². The number of aromatic nitrogens is 2. The first-order valence-electron chi connectivity index (χ1n) is 7.89. The van der Waals surface area contributed by atoms with E-state index in [9.17, 15) is 5.11 Å². The number of aliphatic hydroxyl groups excluding tert-OH is 1. The van der Waals surface area contributed by atoms with Gasteiger partial charge in [0.15, 0.2) is 0 Å². The van der Waals surface area contributed by atoms with Crippen LogP contribution >= 0.6 is 0 Å². The van der Waals surface area contributed by atoms with Crippen LogP contribution in [0.2, 0.25) is 0 Å². The molecule has 0 radical (unpaired) electrons. The van der Waals surface area contributed by atoms with Crippen LogP contribution in [0.5, 0.6) is 0 Å². The Balaban J connectivity index is 1.90. The van der Waals surface area contributed by atoms with Crippen molar-refractivity contribution in [2.75, 3.05) is 70.8 Å². The fourth-order valence-corrected chi connectivity index (χ4v) is 2.05. The van der Waals surface area contributed by atoms with Crippen molar-refractivity contribution in [3.8, 4) is 0 Å². The van der Waals surface area contributed by atoms with Crippen LogP contribution in [0.3, 0.4) is 0 Å². The Morgan fingerprint density at radius 3 is 1.91 bits per heavy atom. The summed E-state index contributed by atoms with van der Waals surface area (Å²) in [6, 6.07) is 1.69. The average molecular weight is 327 g/mol. The molecule has 2 rings (SSSR count). The highest BCUT2D eigenvalue weighted by atomic mass is 16.6. The van der Waals surface area contributed by atoms with Crippen LogP contribution in [-0.4, -0.2) is 81.0 Å². The summed E-state index contributed by atoms with van der Waals surface area (Å²) in [7, 11) is 0. The van der Waals surface area contributed by atoms with E-state index in [1.807, 2.05) is 4.90 Å². The van der Waals surface area contributed by atoms with Crippen molar-refractivity contribution < 1.29 is 24.1 Å².